The van der Waals surface area contributed by atoms with Crippen LogP contribution in [0.1, 0.15) is 30.6 Å². The molecule has 0 aliphatic heterocycles. The lowest BCUT2D eigenvalue weighted by molar-refractivity contribution is 0.0703. The SMILES string of the molecule is Cc1csc(C(=O)O)c1NC(=O)c1scnc1C. The second-order valence-corrected chi connectivity index (χ2v) is 5.38. The number of thiazole rings is 1. The van der Waals surface area contributed by atoms with Gasteiger partial charge in [0.2, 0.25) is 0 Å². The van der Waals surface area contributed by atoms with Crippen LogP contribution in [-0.2, 0) is 0 Å². The number of rotatable bonds is 3. The van der Waals surface area contributed by atoms with Crippen molar-refractivity contribution >= 4 is 40.2 Å². The Kier molecular flexibility index (Phi) is 3.44. The van der Waals surface area contributed by atoms with E-state index in [1.807, 2.05) is 0 Å². The molecule has 0 aliphatic carbocycles. The first-order chi connectivity index (χ1) is 8.50. The molecule has 2 N–H and O–H groups in total. The molecule has 0 atom stereocenters. The Hall–Kier alpha value is -1.73. The third-order valence-corrected chi connectivity index (χ3v) is 4.37. The van der Waals surface area contributed by atoms with Crippen LogP contribution in [0, 0.1) is 13.8 Å². The highest BCUT2D eigenvalue weighted by Gasteiger charge is 2.19. The molecule has 5 nitrogen and oxygen atoms in total. The minimum absolute atomic E-state index is 0.142. The van der Waals surface area contributed by atoms with E-state index in [1.54, 1.807) is 24.7 Å². The maximum absolute atomic E-state index is 12.0. The molecule has 0 bridgehead atoms. The van der Waals surface area contributed by atoms with Crippen LogP contribution >= 0.6 is 22.7 Å². The average molecular weight is 282 g/mol. The molecule has 2 rings (SSSR count). The summed E-state index contributed by atoms with van der Waals surface area (Å²) >= 11 is 2.33. The lowest BCUT2D eigenvalue weighted by atomic mass is 10.2. The number of carboxylic acids is 1. The van der Waals surface area contributed by atoms with E-state index in [9.17, 15) is 9.59 Å². The molecule has 0 saturated heterocycles. The fraction of sp³-hybridized carbons (Fsp3) is 0.182. The number of aromatic carboxylic acids is 1. The first kappa shape index (κ1) is 12.7. The van der Waals surface area contributed by atoms with E-state index in [2.05, 4.69) is 10.3 Å². The zero-order valence-electron chi connectivity index (χ0n) is 9.68. The second-order valence-electron chi connectivity index (χ2n) is 3.65. The van der Waals surface area contributed by atoms with Crippen LogP contribution in [0.5, 0.6) is 0 Å². The van der Waals surface area contributed by atoms with Crippen LogP contribution in [-0.4, -0.2) is 22.0 Å². The lowest BCUT2D eigenvalue weighted by Crippen LogP contribution is -2.14. The van der Waals surface area contributed by atoms with Crippen LogP contribution in [0.4, 0.5) is 5.69 Å². The monoisotopic (exact) mass is 282 g/mol. The predicted molar refractivity (Wildman–Crippen MR) is 70.8 cm³/mol. The van der Waals surface area contributed by atoms with Crippen molar-refractivity contribution in [1.29, 1.82) is 0 Å². The second kappa shape index (κ2) is 4.87. The number of amides is 1. The van der Waals surface area contributed by atoms with Crippen LogP contribution in [0.2, 0.25) is 0 Å². The molecule has 0 saturated carbocycles. The van der Waals surface area contributed by atoms with E-state index >= 15 is 0 Å². The molecule has 2 aromatic rings. The Morgan fingerprint density at radius 3 is 2.56 bits per heavy atom. The van der Waals surface area contributed by atoms with Gasteiger partial charge in [0.15, 0.2) is 0 Å². The van der Waals surface area contributed by atoms with Crippen molar-refractivity contribution in [2.75, 3.05) is 5.32 Å². The normalized spacial score (nSPS) is 10.3. The Morgan fingerprint density at radius 2 is 2.00 bits per heavy atom. The van der Waals surface area contributed by atoms with E-state index in [0.29, 0.717) is 16.3 Å². The maximum atomic E-state index is 12.0. The number of carboxylic acid groups (broad SMARTS) is 1. The summed E-state index contributed by atoms with van der Waals surface area (Å²) in [5.41, 5.74) is 3.34. The van der Waals surface area contributed by atoms with Crippen molar-refractivity contribution in [3.8, 4) is 0 Å². The summed E-state index contributed by atoms with van der Waals surface area (Å²) in [5, 5.41) is 13.4. The van der Waals surface area contributed by atoms with Crippen molar-refractivity contribution in [3.05, 3.63) is 31.9 Å². The summed E-state index contributed by atoms with van der Waals surface area (Å²) in [7, 11) is 0. The van der Waals surface area contributed by atoms with Gasteiger partial charge in [0.1, 0.15) is 9.75 Å². The van der Waals surface area contributed by atoms with Crippen molar-refractivity contribution in [2.45, 2.75) is 13.8 Å². The molecule has 1 amide bonds. The van der Waals surface area contributed by atoms with Crippen LogP contribution in [0.3, 0.4) is 0 Å². The van der Waals surface area contributed by atoms with E-state index in [4.69, 9.17) is 5.11 Å². The maximum Gasteiger partial charge on any atom is 0.348 e. The molecule has 0 unspecified atom stereocenters. The summed E-state index contributed by atoms with van der Waals surface area (Å²) in [6.45, 7) is 3.50. The number of aryl methyl sites for hydroxylation is 2. The standard InChI is InChI=1S/C11H10N2O3S2/c1-5-3-17-9(11(15)16)7(5)13-10(14)8-6(2)12-4-18-8/h3-4H,1-2H3,(H,13,14)(H,15,16). The Balaban J connectivity index is 2.30. The topological polar surface area (TPSA) is 79.3 Å². The van der Waals surface area contributed by atoms with Crippen molar-refractivity contribution in [2.24, 2.45) is 0 Å². The number of thiophene rings is 1. The lowest BCUT2D eigenvalue weighted by Gasteiger charge is -2.05. The Bertz CT molecular complexity index is 616. The fourth-order valence-electron chi connectivity index (χ4n) is 1.45. The van der Waals surface area contributed by atoms with Gasteiger partial charge in [0.25, 0.3) is 5.91 Å². The first-order valence-electron chi connectivity index (χ1n) is 5.03. The van der Waals surface area contributed by atoms with E-state index < -0.39 is 5.97 Å². The molecule has 94 valence electrons. The van der Waals surface area contributed by atoms with Gasteiger partial charge in [-0.05, 0) is 24.8 Å². The van der Waals surface area contributed by atoms with Gasteiger partial charge in [0, 0.05) is 0 Å². The van der Waals surface area contributed by atoms with Gasteiger partial charge in [-0.25, -0.2) is 9.78 Å². The van der Waals surface area contributed by atoms with Gasteiger partial charge in [-0.2, -0.15) is 0 Å². The molecule has 0 spiro atoms. The predicted octanol–water partition coefficient (Wildman–Crippen LogP) is 2.77. The molecular weight excluding hydrogens is 272 g/mol. The van der Waals surface area contributed by atoms with Gasteiger partial charge in [-0.15, -0.1) is 22.7 Å². The van der Waals surface area contributed by atoms with E-state index in [-0.39, 0.29) is 10.8 Å². The van der Waals surface area contributed by atoms with Gasteiger partial charge < -0.3 is 10.4 Å². The first-order valence-corrected chi connectivity index (χ1v) is 6.79. The van der Waals surface area contributed by atoms with Crippen LogP contribution < -0.4 is 5.32 Å². The molecule has 2 aromatic heterocycles. The van der Waals surface area contributed by atoms with Gasteiger partial charge in [-0.1, -0.05) is 0 Å². The van der Waals surface area contributed by atoms with Crippen LogP contribution in [0.25, 0.3) is 0 Å². The number of anilines is 1. The van der Waals surface area contributed by atoms with E-state index in [1.165, 1.54) is 11.3 Å². The molecule has 0 aliphatic rings. The summed E-state index contributed by atoms with van der Waals surface area (Å²) in [6.07, 6.45) is 0. The third-order valence-electron chi connectivity index (χ3n) is 2.36. The smallest absolute Gasteiger partial charge is 0.348 e. The van der Waals surface area contributed by atoms with Crippen LogP contribution in [0.15, 0.2) is 10.9 Å². The molecule has 0 radical (unpaired) electrons. The van der Waals surface area contributed by atoms with E-state index in [0.717, 1.165) is 16.9 Å². The van der Waals surface area contributed by atoms with Crippen molar-refractivity contribution in [1.82, 2.24) is 4.98 Å². The Morgan fingerprint density at radius 1 is 1.28 bits per heavy atom. The third kappa shape index (κ3) is 2.27. The average Bonchev–Trinajstić information content (AvgIpc) is 2.86. The molecule has 0 aromatic carbocycles. The van der Waals surface area contributed by atoms with Gasteiger partial charge in [-0.3, -0.25) is 4.79 Å². The zero-order chi connectivity index (χ0) is 13.3. The highest BCUT2D eigenvalue weighted by molar-refractivity contribution is 7.13. The number of carbonyl (C=O) groups is 2. The number of aromatic nitrogens is 1. The molecule has 0 fully saturated rings. The minimum atomic E-state index is -1.04. The number of carbonyl (C=O) groups excluding carboxylic acids is 1. The number of hydrogen-bond acceptors (Lipinski definition) is 5. The minimum Gasteiger partial charge on any atom is -0.477 e. The number of hydrogen-bond donors (Lipinski definition) is 2. The quantitative estimate of drug-likeness (QED) is 0.907. The van der Waals surface area contributed by atoms with Crippen molar-refractivity contribution in [3.63, 3.8) is 0 Å². The summed E-state index contributed by atoms with van der Waals surface area (Å²) in [5.74, 6) is -1.36. The highest BCUT2D eigenvalue weighted by Crippen LogP contribution is 2.28. The van der Waals surface area contributed by atoms with Gasteiger partial charge in [0.05, 0.1) is 16.9 Å². The largest absolute Gasteiger partial charge is 0.477 e. The highest BCUT2D eigenvalue weighted by atomic mass is 32.1. The summed E-state index contributed by atoms with van der Waals surface area (Å²) < 4.78 is 0. The number of nitrogens with zero attached hydrogens (tertiary/aromatic N) is 1. The van der Waals surface area contributed by atoms with Gasteiger partial charge >= 0.3 is 5.97 Å². The zero-order valence-corrected chi connectivity index (χ0v) is 11.3. The van der Waals surface area contributed by atoms with Crippen molar-refractivity contribution < 1.29 is 14.7 Å². The summed E-state index contributed by atoms with van der Waals surface area (Å²) in [6, 6.07) is 0. The molecule has 2 heterocycles. The fourth-order valence-corrected chi connectivity index (χ4v) is 2.99. The molecular formula is C11H10N2O3S2. The molecule has 7 heteroatoms. The Labute approximate surface area is 111 Å². The molecule has 18 heavy (non-hydrogen) atoms. The number of nitrogens with one attached hydrogen (secondary N) is 1. The summed E-state index contributed by atoms with van der Waals surface area (Å²) in [4.78, 5) is 27.6.